The number of carbonyl (C=O) groups is 2. The van der Waals surface area contributed by atoms with Crippen molar-refractivity contribution in [2.75, 3.05) is 0 Å². The third kappa shape index (κ3) is 5.09. The number of hydrogen-bond donors (Lipinski definition) is 0. The second-order valence-electron chi connectivity index (χ2n) is 3.75. The minimum absolute atomic E-state index is 0.101. The first-order chi connectivity index (χ1) is 8.27. The summed E-state index contributed by atoms with van der Waals surface area (Å²) < 4.78 is 1.01. The van der Waals surface area contributed by atoms with Gasteiger partial charge in [0.1, 0.15) is 12.6 Å². The molecule has 90 valence electrons. The Kier molecular flexibility index (Phi) is 6.48. The van der Waals surface area contributed by atoms with Crippen molar-refractivity contribution in [3.8, 4) is 0 Å². The van der Waals surface area contributed by atoms with E-state index in [1.165, 1.54) is 0 Å². The highest BCUT2D eigenvalue weighted by atomic mass is 79.9. The van der Waals surface area contributed by atoms with Crippen LogP contribution in [-0.2, 0) is 9.59 Å². The number of carbonyl (C=O) groups excluding carboxylic acids is 2. The Labute approximate surface area is 110 Å². The number of benzene rings is 1. The maximum Gasteiger partial charge on any atom is 0.127 e. The number of allylic oxidation sites excluding steroid dienone is 2. The molecule has 0 N–H and O–H groups in total. The van der Waals surface area contributed by atoms with Gasteiger partial charge in [0.05, 0.1) is 0 Å². The minimum atomic E-state index is -0.101. The first-order valence-electron chi connectivity index (χ1n) is 5.57. The molecule has 0 aliphatic carbocycles. The maximum atomic E-state index is 11.0. The molecule has 1 rings (SSSR count). The lowest BCUT2D eigenvalue weighted by Crippen LogP contribution is -1.98. The quantitative estimate of drug-likeness (QED) is 0.437. The fourth-order valence-electron chi connectivity index (χ4n) is 1.51. The summed E-state index contributed by atoms with van der Waals surface area (Å²) in [5, 5.41) is 0. The Balaban J connectivity index is 2.53. The molecule has 1 unspecified atom stereocenters. The van der Waals surface area contributed by atoms with E-state index in [9.17, 15) is 9.59 Å². The van der Waals surface area contributed by atoms with Crippen LogP contribution in [0.4, 0.5) is 0 Å². The van der Waals surface area contributed by atoms with E-state index in [2.05, 4.69) is 15.9 Å². The first kappa shape index (κ1) is 13.8. The Bertz CT molecular complexity index is 382. The van der Waals surface area contributed by atoms with Crippen molar-refractivity contribution in [2.24, 2.45) is 0 Å². The van der Waals surface area contributed by atoms with E-state index in [4.69, 9.17) is 0 Å². The van der Waals surface area contributed by atoms with Crippen LogP contribution in [0.5, 0.6) is 0 Å². The van der Waals surface area contributed by atoms with Crippen molar-refractivity contribution in [1.29, 1.82) is 0 Å². The lowest BCUT2D eigenvalue weighted by molar-refractivity contribution is -0.109. The van der Waals surface area contributed by atoms with Crippen LogP contribution in [0.25, 0.3) is 0 Å². The van der Waals surface area contributed by atoms with Crippen LogP contribution in [0.15, 0.2) is 40.9 Å². The van der Waals surface area contributed by atoms with Gasteiger partial charge in [0.2, 0.25) is 0 Å². The zero-order chi connectivity index (χ0) is 12.5. The number of rotatable bonds is 7. The van der Waals surface area contributed by atoms with Gasteiger partial charge in [-0.25, -0.2) is 0 Å². The smallest absolute Gasteiger partial charge is 0.127 e. The Morgan fingerprint density at radius 3 is 2.35 bits per heavy atom. The molecule has 0 amide bonds. The van der Waals surface area contributed by atoms with Crippen molar-refractivity contribution >= 4 is 28.5 Å². The van der Waals surface area contributed by atoms with Gasteiger partial charge in [0, 0.05) is 16.8 Å². The molecular formula is C14H15BrO2. The third-order valence-electron chi connectivity index (χ3n) is 2.47. The molecule has 0 fully saturated rings. The van der Waals surface area contributed by atoms with Gasteiger partial charge in [-0.2, -0.15) is 0 Å². The normalized spacial score (nSPS) is 12.5. The summed E-state index contributed by atoms with van der Waals surface area (Å²) in [5.41, 5.74) is 1.02. The highest BCUT2D eigenvalue weighted by Crippen LogP contribution is 2.20. The lowest BCUT2D eigenvalue weighted by Gasteiger charge is -2.07. The molecule has 17 heavy (non-hydrogen) atoms. The van der Waals surface area contributed by atoms with E-state index in [1.807, 2.05) is 36.4 Å². The van der Waals surface area contributed by atoms with Crippen molar-refractivity contribution < 1.29 is 9.59 Å². The van der Waals surface area contributed by atoms with Crippen LogP contribution in [0, 0.1) is 0 Å². The van der Waals surface area contributed by atoms with Crippen LogP contribution >= 0.6 is 15.9 Å². The highest BCUT2D eigenvalue weighted by Gasteiger charge is 2.07. The molecule has 0 heterocycles. The second-order valence-corrected chi connectivity index (χ2v) is 4.66. The molecule has 0 radical (unpaired) electrons. The van der Waals surface area contributed by atoms with Gasteiger partial charge >= 0.3 is 0 Å². The van der Waals surface area contributed by atoms with Gasteiger partial charge in [-0.05, 0) is 30.5 Å². The molecule has 1 aromatic rings. The molecule has 1 atom stereocenters. The number of halogens is 1. The molecule has 0 bridgehead atoms. The lowest BCUT2D eigenvalue weighted by atomic mass is 9.97. The summed E-state index contributed by atoms with van der Waals surface area (Å²) in [6.07, 6.45) is 7.75. The van der Waals surface area contributed by atoms with E-state index in [0.717, 1.165) is 29.0 Å². The predicted molar refractivity (Wildman–Crippen MR) is 72.0 cm³/mol. The van der Waals surface area contributed by atoms with Crippen molar-refractivity contribution in [2.45, 2.75) is 25.2 Å². The SMILES string of the molecule is O=CCC/C=C/CC(C=O)c1ccc(Br)cc1. The molecular weight excluding hydrogens is 280 g/mol. The van der Waals surface area contributed by atoms with Crippen molar-refractivity contribution in [3.05, 3.63) is 46.5 Å². The van der Waals surface area contributed by atoms with Gasteiger partial charge in [0.25, 0.3) is 0 Å². The van der Waals surface area contributed by atoms with Gasteiger partial charge in [-0.15, -0.1) is 0 Å². The van der Waals surface area contributed by atoms with E-state index in [-0.39, 0.29) is 5.92 Å². The summed E-state index contributed by atoms with van der Waals surface area (Å²) in [4.78, 5) is 21.1. The zero-order valence-electron chi connectivity index (χ0n) is 9.51. The fourth-order valence-corrected chi connectivity index (χ4v) is 1.77. The molecule has 0 aliphatic rings. The standard InChI is InChI=1S/C14H15BrO2/c15-14-8-6-12(7-9-14)13(11-17)5-3-1-2-4-10-16/h1,3,6-11,13H,2,4-5H2/b3-1+. The summed E-state index contributed by atoms with van der Waals surface area (Å²) in [7, 11) is 0. The average Bonchev–Trinajstić information content (AvgIpc) is 2.35. The fraction of sp³-hybridized carbons (Fsp3) is 0.286. The summed E-state index contributed by atoms with van der Waals surface area (Å²) >= 11 is 3.36. The maximum absolute atomic E-state index is 11.0. The minimum Gasteiger partial charge on any atom is -0.303 e. The van der Waals surface area contributed by atoms with Gasteiger partial charge in [-0.3, -0.25) is 0 Å². The topological polar surface area (TPSA) is 34.1 Å². The number of hydrogen-bond acceptors (Lipinski definition) is 2. The predicted octanol–water partition coefficient (Wildman–Crippen LogP) is 3.66. The Hall–Kier alpha value is -1.22. The van der Waals surface area contributed by atoms with E-state index < -0.39 is 0 Å². The average molecular weight is 295 g/mol. The number of aldehydes is 2. The van der Waals surface area contributed by atoms with Crippen molar-refractivity contribution in [3.63, 3.8) is 0 Å². The number of unbranched alkanes of at least 4 members (excludes halogenated alkanes) is 1. The van der Waals surface area contributed by atoms with Crippen molar-refractivity contribution in [1.82, 2.24) is 0 Å². The van der Waals surface area contributed by atoms with Gasteiger partial charge < -0.3 is 9.59 Å². The van der Waals surface area contributed by atoms with Gasteiger partial charge in [0.15, 0.2) is 0 Å². The highest BCUT2D eigenvalue weighted by molar-refractivity contribution is 9.10. The third-order valence-corrected chi connectivity index (χ3v) is 3.00. The van der Waals surface area contributed by atoms with Gasteiger partial charge in [-0.1, -0.05) is 40.2 Å². The zero-order valence-corrected chi connectivity index (χ0v) is 11.1. The molecule has 1 aromatic carbocycles. The van der Waals surface area contributed by atoms with Crippen LogP contribution in [0.3, 0.4) is 0 Å². The molecule has 0 saturated carbocycles. The molecule has 0 aromatic heterocycles. The largest absolute Gasteiger partial charge is 0.303 e. The Morgan fingerprint density at radius 2 is 1.76 bits per heavy atom. The molecule has 2 nitrogen and oxygen atoms in total. The summed E-state index contributed by atoms with van der Waals surface area (Å²) in [6.45, 7) is 0. The Morgan fingerprint density at radius 1 is 1.06 bits per heavy atom. The first-order valence-corrected chi connectivity index (χ1v) is 6.36. The summed E-state index contributed by atoms with van der Waals surface area (Å²) in [5.74, 6) is -0.101. The van der Waals surface area contributed by atoms with Crippen LogP contribution in [-0.4, -0.2) is 12.6 Å². The molecule has 0 aliphatic heterocycles. The van der Waals surface area contributed by atoms with E-state index in [1.54, 1.807) is 0 Å². The van der Waals surface area contributed by atoms with Crippen LogP contribution in [0.1, 0.15) is 30.7 Å². The van der Waals surface area contributed by atoms with Crippen LogP contribution in [0.2, 0.25) is 0 Å². The molecule has 3 heteroatoms. The van der Waals surface area contributed by atoms with E-state index >= 15 is 0 Å². The monoisotopic (exact) mass is 294 g/mol. The van der Waals surface area contributed by atoms with E-state index in [0.29, 0.717) is 12.8 Å². The molecule has 0 saturated heterocycles. The van der Waals surface area contributed by atoms with Crippen LogP contribution < -0.4 is 0 Å². The summed E-state index contributed by atoms with van der Waals surface area (Å²) in [6, 6.07) is 7.76. The second kappa shape index (κ2) is 7.96. The molecule has 0 spiro atoms.